The second-order valence-electron chi connectivity index (χ2n) is 5.86. The van der Waals surface area contributed by atoms with Crippen molar-refractivity contribution < 1.29 is 4.52 Å². The van der Waals surface area contributed by atoms with Gasteiger partial charge in [0.15, 0.2) is 0 Å². The van der Waals surface area contributed by atoms with Crippen molar-refractivity contribution >= 4 is 0 Å². The third kappa shape index (κ3) is 3.27. The third-order valence-electron chi connectivity index (χ3n) is 3.90. The van der Waals surface area contributed by atoms with E-state index >= 15 is 0 Å². The van der Waals surface area contributed by atoms with E-state index in [4.69, 9.17) is 4.52 Å². The third-order valence-corrected chi connectivity index (χ3v) is 3.90. The largest absolute Gasteiger partial charge is 0.332 e. The van der Waals surface area contributed by atoms with E-state index in [9.17, 15) is 4.79 Å². The minimum atomic E-state index is -0.191. The maximum absolute atomic E-state index is 12.1. The van der Waals surface area contributed by atoms with Crippen LogP contribution in [0, 0.1) is 6.92 Å². The number of hydrogen-bond acceptors (Lipinski definition) is 6. The van der Waals surface area contributed by atoms with Crippen LogP contribution in [0.1, 0.15) is 11.1 Å². The first-order valence-electron chi connectivity index (χ1n) is 8.07. The number of nitrogens with zero attached hydrogens (tertiary/aromatic N) is 5. The Labute approximate surface area is 149 Å². The lowest BCUT2D eigenvalue weighted by molar-refractivity contribution is 0.429. The molecule has 0 atom stereocenters. The summed E-state index contributed by atoms with van der Waals surface area (Å²) in [5.74, 6) is 0.704. The van der Waals surface area contributed by atoms with Gasteiger partial charge in [-0.25, -0.2) is 4.68 Å². The van der Waals surface area contributed by atoms with Crippen LogP contribution in [-0.4, -0.2) is 24.9 Å². The molecule has 0 bridgehead atoms. The van der Waals surface area contributed by atoms with Crippen molar-refractivity contribution in [1.82, 2.24) is 24.9 Å². The van der Waals surface area contributed by atoms with Gasteiger partial charge in [0, 0.05) is 24.0 Å². The molecule has 0 N–H and O–H groups in total. The SMILES string of the molecule is Cc1ccc(Cn2nc(-c3nc(-c4ccncc4)no3)ccc2=O)cc1. The van der Waals surface area contributed by atoms with Gasteiger partial charge in [-0.3, -0.25) is 9.78 Å². The van der Waals surface area contributed by atoms with Crippen molar-refractivity contribution in [2.45, 2.75) is 13.5 Å². The molecule has 0 saturated carbocycles. The number of rotatable bonds is 4. The van der Waals surface area contributed by atoms with Gasteiger partial charge >= 0.3 is 0 Å². The van der Waals surface area contributed by atoms with Crippen LogP contribution in [0.15, 0.2) is 70.2 Å². The number of aryl methyl sites for hydroxylation is 1. The van der Waals surface area contributed by atoms with Gasteiger partial charge in [-0.1, -0.05) is 35.0 Å². The van der Waals surface area contributed by atoms with Gasteiger partial charge in [0.25, 0.3) is 11.4 Å². The lowest BCUT2D eigenvalue weighted by atomic mass is 10.1. The van der Waals surface area contributed by atoms with Crippen LogP contribution in [-0.2, 0) is 6.54 Å². The second-order valence-corrected chi connectivity index (χ2v) is 5.86. The summed E-state index contributed by atoms with van der Waals surface area (Å²) in [5, 5.41) is 8.33. The minimum absolute atomic E-state index is 0.191. The molecule has 0 aliphatic heterocycles. The Morgan fingerprint density at radius 1 is 1.00 bits per heavy atom. The molecule has 0 saturated heterocycles. The summed E-state index contributed by atoms with van der Waals surface area (Å²) >= 11 is 0. The molecule has 128 valence electrons. The molecule has 7 heteroatoms. The molecule has 0 radical (unpaired) electrons. The molecule has 0 spiro atoms. The fourth-order valence-corrected chi connectivity index (χ4v) is 2.49. The van der Waals surface area contributed by atoms with Crippen molar-refractivity contribution in [2.24, 2.45) is 0 Å². The molecule has 7 nitrogen and oxygen atoms in total. The molecule has 0 fully saturated rings. The first-order valence-corrected chi connectivity index (χ1v) is 8.07. The molecule has 1 aromatic carbocycles. The van der Waals surface area contributed by atoms with Gasteiger partial charge in [-0.05, 0) is 30.7 Å². The van der Waals surface area contributed by atoms with Gasteiger partial charge in [-0.15, -0.1) is 0 Å². The highest BCUT2D eigenvalue weighted by molar-refractivity contribution is 5.56. The summed E-state index contributed by atoms with van der Waals surface area (Å²) in [5.41, 5.74) is 3.21. The molecule has 4 aromatic rings. The topological polar surface area (TPSA) is 86.7 Å². The van der Waals surface area contributed by atoms with E-state index < -0.39 is 0 Å². The monoisotopic (exact) mass is 345 g/mol. The van der Waals surface area contributed by atoms with Crippen molar-refractivity contribution in [3.05, 3.63) is 82.4 Å². The van der Waals surface area contributed by atoms with Gasteiger partial charge < -0.3 is 4.52 Å². The molecule has 3 aromatic heterocycles. The standard InChI is InChI=1S/C19H15N5O2/c1-13-2-4-14(5-3-13)12-24-17(25)7-6-16(22-24)19-21-18(23-26-19)15-8-10-20-11-9-15/h2-11H,12H2,1H3. The van der Waals surface area contributed by atoms with Crippen LogP contribution in [0.3, 0.4) is 0 Å². The molecule has 0 aliphatic rings. The van der Waals surface area contributed by atoms with Crippen molar-refractivity contribution in [3.63, 3.8) is 0 Å². The summed E-state index contributed by atoms with van der Waals surface area (Å²) < 4.78 is 6.69. The average molecular weight is 345 g/mol. The van der Waals surface area contributed by atoms with Crippen molar-refractivity contribution in [3.8, 4) is 23.0 Å². The summed E-state index contributed by atoms with van der Waals surface area (Å²) in [6.07, 6.45) is 3.32. The number of benzene rings is 1. The predicted octanol–water partition coefficient (Wildman–Crippen LogP) is 2.71. The van der Waals surface area contributed by atoms with Crippen LogP contribution >= 0.6 is 0 Å². The summed E-state index contributed by atoms with van der Waals surface area (Å²) in [7, 11) is 0. The van der Waals surface area contributed by atoms with Gasteiger partial charge in [0.05, 0.1) is 6.54 Å². The first kappa shape index (κ1) is 15.9. The number of aromatic nitrogens is 5. The molecule has 26 heavy (non-hydrogen) atoms. The van der Waals surface area contributed by atoms with Crippen LogP contribution in [0.25, 0.3) is 23.0 Å². The highest BCUT2D eigenvalue weighted by atomic mass is 16.5. The molecule has 0 unspecified atom stereocenters. The lowest BCUT2D eigenvalue weighted by Crippen LogP contribution is -2.22. The number of pyridine rings is 1. The zero-order valence-corrected chi connectivity index (χ0v) is 14.0. The van der Waals surface area contributed by atoms with Gasteiger partial charge in [0.2, 0.25) is 5.82 Å². The Kier molecular flexibility index (Phi) is 4.10. The van der Waals surface area contributed by atoms with Crippen molar-refractivity contribution in [2.75, 3.05) is 0 Å². The fraction of sp³-hybridized carbons (Fsp3) is 0.105. The summed E-state index contributed by atoms with van der Waals surface area (Å²) in [4.78, 5) is 20.5. The summed E-state index contributed by atoms with van der Waals surface area (Å²) in [6.45, 7) is 2.39. The van der Waals surface area contributed by atoms with Crippen LogP contribution in [0.5, 0.6) is 0 Å². The maximum atomic E-state index is 12.1. The average Bonchev–Trinajstić information content (AvgIpc) is 3.16. The second kappa shape index (κ2) is 6.72. The Bertz CT molecular complexity index is 1080. The highest BCUT2D eigenvalue weighted by Crippen LogP contribution is 2.19. The van der Waals surface area contributed by atoms with Crippen LogP contribution in [0.2, 0.25) is 0 Å². The van der Waals surface area contributed by atoms with E-state index in [2.05, 4.69) is 20.2 Å². The lowest BCUT2D eigenvalue weighted by Gasteiger charge is -2.05. The Hall–Kier alpha value is -3.61. The summed E-state index contributed by atoms with van der Waals surface area (Å²) in [6, 6.07) is 14.6. The quantitative estimate of drug-likeness (QED) is 0.565. The van der Waals surface area contributed by atoms with Crippen molar-refractivity contribution in [1.29, 1.82) is 0 Å². The maximum Gasteiger partial charge on any atom is 0.278 e. The smallest absolute Gasteiger partial charge is 0.278 e. The van der Waals surface area contributed by atoms with Gasteiger partial charge in [-0.2, -0.15) is 10.1 Å². The highest BCUT2D eigenvalue weighted by Gasteiger charge is 2.13. The first-order chi connectivity index (χ1) is 12.7. The normalized spacial score (nSPS) is 10.8. The Morgan fingerprint density at radius 2 is 1.77 bits per heavy atom. The van der Waals surface area contributed by atoms with E-state index in [-0.39, 0.29) is 11.4 Å². The van der Waals surface area contributed by atoms with Gasteiger partial charge in [0.1, 0.15) is 5.69 Å². The number of hydrogen-bond donors (Lipinski definition) is 0. The zero-order valence-electron chi connectivity index (χ0n) is 14.0. The van der Waals surface area contributed by atoms with Crippen LogP contribution in [0.4, 0.5) is 0 Å². The molecular formula is C19H15N5O2. The minimum Gasteiger partial charge on any atom is -0.332 e. The molecule has 3 heterocycles. The van der Waals surface area contributed by atoms with E-state index in [0.29, 0.717) is 18.1 Å². The van der Waals surface area contributed by atoms with E-state index in [1.54, 1.807) is 30.6 Å². The fourth-order valence-electron chi connectivity index (χ4n) is 2.49. The predicted molar refractivity (Wildman–Crippen MR) is 95.3 cm³/mol. The molecule has 0 amide bonds. The van der Waals surface area contributed by atoms with E-state index in [1.165, 1.54) is 10.7 Å². The van der Waals surface area contributed by atoms with E-state index in [1.807, 2.05) is 31.2 Å². The molecular weight excluding hydrogens is 330 g/mol. The van der Waals surface area contributed by atoms with Crippen LogP contribution < -0.4 is 5.56 Å². The zero-order chi connectivity index (χ0) is 17.9. The molecule has 0 aliphatic carbocycles. The Balaban J connectivity index is 1.65. The Morgan fingerprint density at radius 3 is 2.54 bits per heavy atom. The molecule has 4 rings (SSSR count). The van der Waals surface area contributed by atoms with E-state index in [0.717, 1.165) is 16.7 Å².